The van der Waals surface area contributed by atoms with Crippen molar-refractivity contribution >= 4 is 17.8 Å². The Kier molecular flexibility index (Phi) is 5.19. The smallest absolute Gasteiger partial charge is 0.338 e. The Balaban J connectivity index is 1.69. The highest BCUT2D eigenvalue weighted by Crippen LogP contribution is 2.08. The lowest BCUT2D eigenvalue weighted by molar-refractivity contribution is 0.0695. The first-order valence-corrected chi connectivity index (χ1v) is 6.91. The molecule has 2 rings (SSSR count). The van der Waals surface area contributed by atoms with Crippen LogP contribution in [0.3, 0.4) is 0 Å². The SMILES string of the molecule is Cc1ccoc1C(=O)NCCCNC(=O)c1cc(C(=O)O)co1. The summed E-state index contributed by atoms with van der Waals surface area (Å²) < 4.78 is 9.93. The van der Waals surface area contributed by atoms with Gasteiger partial charge in [-0.2, -0.15) is 0 Å². The monoisotopic (exact) mass is 320 g/mol. The summed E-state index contributed by atoms with van der Waals surface area (Å²) >= 11 is 0. The Morgan fingerprint density at radius 1 is 1.13 bits per heavy atom. The number of carbonyl (C=O) groups excluding carboxylic acids is 2. The number of hydrogen-bond acceptors (Lipinski definition) is 5. The van der Waals surface area contributed by atoms with E-state index < -0.39 is 11.9 Å². The Bertz CT molecular complexity index is 715. The van der Waals surface area contributed by atoms with Crippen molar-refractivity contribution in [2.45, 2.75) is 13.3 Å². The van der Waals surface area contributed by atoms with Gasteiger partial charge >= 0.3 is 5.97 Å². The number of carbonyl (C=O) groups is 3. The van der Waals surface area contributed by atoms with Gasteiger partial charge in [0.15, 0.2) is 11.5 Å². The molecule has 0 radical (unpaired) electrons. The van der Waals surface area contributed by atoms with Gasteiger partial charge in [0.05, 0.1) is 11.8 Å². The molecule has 0 aliphatic heterocycles. The van der Waals surface area contributed by atoms with Gasteiger partial charge in [-0.3, -0.25) is 9.59 Å². The minimum Gasteiger partial charge on any atom is -0.478 e. The lowest BCUT2D eigenvalue weighted by atomic mass is 10.2. The van der Waals surface area contributed by atoms with Crippen LogP contribution in [0.4, 0.5) is 0 Å². The van der Waals surface area contributed by atoms with E-state index in [1.54, 1.807) is 13.0 Å². The van der Waals surface area contributed by atoms with Gasteiger partial charge in [0, 0.05) is 24.7 Å². The largest absolute Gasteiger partial charge is 0.478 e. The number of nitrogens with one attached hydrogen (secondary N) is 2. The molecule has 0 bridgehead atoms. The van der Waals surface area contributed by atoms with Gasteiger partial charge in [0.25, 0.3) is 11.8 Å². The number of furan rings is 2. The predicted octanol–water partition coefficient (Wildman–Crippen LogP) is 1.43. The first-order valence-electron chi connectivity index (χ1n) is 6.91. The maximum absolute atomic E-state index is 11.7. The second-order valence-corrected chi connectivity index (χ2v) is 4.80. The van der Waals surface area contributed by atoms with E-state index in [1.165, 1.54) is 6.26 Å². The highest BCUT2D eigenvalue weighted by molar-refractivity contribution is 5.95. The maximum Gasteiger partial charge on any atom is 0.338 e. The topological polar surface area (TPSA) is 122 Å². The van der Waals surface area contributed by atoms with Crippen LogP contribution in [0.5, 0.6) is 0 Å². The Labute approximate surface area is 131 Å². The molecule has 3 N–H and O–H groups in total. The normalized spacial score (nSPS) is 10.3. The third-order valence-electron chi connectivity index (χ3n) is 3.06. The van der Waals surface area contributed by atoms with E-state index in [9.17, 15) is 14.4 Å². The van der Waals surface area contributed by atoms with E-state index in [0.29, 0.717) is 19.5 Å². The van der Waals surface area contributed by atoms with Crippen molar-refractivity contribution in [1.29, 1.82) is 0 Å². The fourth-order valence-corrected chi connectivity index (χ4v) is 1.83. The Hall–Kier alpha value is -3.03. The van der Waals surface area contributed by atoms with Crippen LogP contribution in [-0.2, 0) is 0 Å². The number of amides is 2. The second-order valence-electron chi connectivity index (χ2n) is 4.80. The van der Waals surface area contributed by atoms with Gasteiger partial charge in [-0.05, 0) is 19.4 Å². The zero-order chi connectivity index (χ0) is 16.8. The summed E-state index contributed by atoms with van der Waals surface area (Å²) in [5.74, 6) is -1.78. The van der Waals surface area contributed by atoms with Crippen LogP contribution < -0.4 is 10.6 Å². The van der Waals surface area contributed by atoms with Crippen molar-refractivity contribution < 1.29 is 28.3 Å². The Morgan fingerprint density at radius 3 is 2.39 bits per heavy atom. The van der Waals surface area contributed by atoms with Gasteiger partial charge in [-0.15, -0.1) is 0 Å². The van der Waals surface area contributed by atoms with Gasteiger partial charge in [0.2, 0.25) is 0 Å². The molecule has 2 aromatic rings. The van der Waals surface area contributed by atoms with Crippen molar-refractivity contribution in [3.05, 3.63) is 47.3 Å². The number of rotatable bonds is 7. The molecule has 0 atom stereocenters. The van der Waals surface area contributed by atoms with E-state index in [0.717, 1.165) is 17.9 Å². The molecule has 0 saturated carbocycles. The van der Waals surface area contributed by atoms with Crippen LogP contribution in [0.2, 0.25) is 0 Å². The van der Waals surface area contributed by atoms with Crippen molar-refractivity contribution in [1.82, 2.24) is 10.6 Å². The summed E-state index contributed by atoms with van der Waals surface area (Å²) in [6.45, 7) is 2.44. The molecule has 0 aliphatic carbocycles. The minimum atomic E-state index is -1.16. The average molecular weight is 320 g/mol. The molecule has 23 heavy (non-hydrogen) atoms. The third kappa shape index (κ3) is 4.22. The average Bonchev–Trinajstić information content (AvgIpc) is 3.15. The molecule has 0 fully saturated rings. The lowest BCUT2D eigenvalue weighted by Crippen LogP contribution is -2.29. The molecule has 0 unspecified atom stereocenters. The van der Waals surface area contributed by atoms with E-state index in [2.05, 4.69) is 10.6 Å². The van der Waals surface area contributed by atoms with E-state index in [4.69, 9.17) is 13.9 Å². The quantitative estimate of drug-likeness (QED) is 0.663. The number of carboxylic acids is 1. The summed E-state index contributed by atoms with van der Waals surface area (Å²) in [5, 5.41) is 14.0. The minimum absolute atomic E-state index is 0.0716. The molecule has 0 spiro atoms. The van der Waals surface area contributed by atoms with E-state index in [-0.39, 0.29) is 23.0 Å². The Morgan fingerprint density at radius 2 is 1.83 bits per heavy atom. The van der Waals surface area contributed by atoms with Crippen molar-refractivity contribution in [3.63, 3.8) is 0 Å². The summed E-state index contributed by atoms with van der Waals surface area (Å²) in [5.41, 5.74) is 0.666. The van der Waals surface area contributed by atoms with Crippen molar-refractivity contribution in [2.75, 3.05) is 13.1 Å². The predicted molar refractivity (Wildman–Crippen MR) is 78.4 cm³/mol. The van der Waals surface area contributed by atoms with Crippen molar-refractivity contribution in [2.24, 2.45) is 0 Å². The van der Waals surface area contributed by atoms with E-state index >= 15 is 0 Å². The van der Waals surface area contributed by atoms with Gasteiger partial charge in [-0.25, -0.2) is 4.79 Å². The molecule has 2 aromatic heterocycles. The zero-order valence-corrected chi connectivity index (χ0v) is 12.4. The zero-order valence-electron chi connectivity index (χ0n) is 12.4. The highest BCUT2D eigenvalue weighted by Gasteiger charge is 2.14. The first kappa shape index (κ1) is 16.3. The molecular weight excluding hydrogens is 304 g/mol. The summed E-state index contributed by atoms with van der Waals surface area (Å²) in [6, 6.07) is 2.85. The molecule has 2 amide bonds. The highest BCUT2D eigenvalue weighted by atomic mass is 16.4. The fraction of sp³-hybridized carbons (Fsp3) is 0.267. The summed E-state index contributed by atoms with van der Waals surface area (Å²) in [6.07, 6.45) is 2.95. The number of carboxylic acid groups (broad SMARTS) is 1. The van der Waals surface area contributed by atoms with Crippen LogP contribution in [0.1, 0.15) is 43.5 Å². The molecule has 2 heterocycles. The molecule has 8 nitrogen and oxygen atoms in total. The number of aromatic carboxylic acids is 1. The van der Waals surface area contributed by atoms with E-state index in [1.807, 2.05) is 0 Å². The summed E-state index contributed by atoms with van der Waals surface area (Å²) in [7, 11) is 0. The number of hydrogen-bond donors (Lipinski definition) is 3. The number of aryl methyl sites for hydroxylation is 1. The standard InChI is InChI=1S/C15H16N2O6/c1-9-3-6-22-12(9)14(19)17-5-2-4-16-13(18)11-7-10(8-23-11)15(20)21/h3,6-8H,2,4-5H2,1H3,(H,16,18)(H,17,19)(H,20,21). The summed E-state index contributed by atoms with van der Waals surface area (Å²) in [4.78, 5) is 34.1. The van der Waals surface area contributed by atoms with Crippen LogP contribution in [0, 0.1) is 6.92 Å². The maximum atomic E-state index is 11.7. The molecule has 0 aromatic carbocycles. The second kappa shape index (κ2) is 7.30. The van der Waals surface area contributed by atoms with Crippen LogP contribution in [0.15, 0.2) is 33.5 Å². The molecular formula is C15H16N2O6. The van der Waals surface area contributed by atoms with Crippen LogP contribution in [0.25, 0.3) is 0 Å². The fourth-order valence-electron chi connectivity index (χ4n) is 1.83. The third-order valence-corrected chi connectivity index (χ3v) is 3.06. The van der Waals surface area contributed by atoms with Gasteiger partial charge in [-0.1, -0.05) is 0 Å². The molecule has 122 valence electrons. The molecule has 0 saturated heterocycles. The lowest BCUT2D eigenvalue weighted by Gasteiger charge is -2.05. The van der Waals surface area contributed by atoms with Crippen LogP contribution >= 0.6 is 0 Å². The van der Waals surface area contributed by atoms with Gasteiger partial charge < -0.3 is 24.6 Å². The van der Waals surface area contributed by atoms with Gasteiger partial charge in [0.1, 0.15) is 6.26 Å². The van der Waals surface area contributed by atoms with Crippen molar-refractivity contribution in [3.8, 4) is 0 Å². The molecule has 8 heteroatoms. The first-order chi connectivity index (χ1) is 11.0. The molecule has 0 aliphatic rings. The van der Waals surface area contributed by atoms with Crippen LogP contribution in [-0.4, -0.2) is 36.0 Å².